The van der Waals surface area contributed by atoms with E-state index in [4.69, 9.17) is 0 Å². The number of unbranched alkanes of at least 4 members (excludes halogenated alkanes) is 4. The fraction of sp³-hybridized carbons (Fsp3) is 1.00. The third-order valence-electron chi connectivity index (χ3n) is 10.6. The van der Waals surface area contributed by atoms with E-state index < -0.39 is 0 Å². The van der Waals surface area contributed by atoms with Gasteiger partial charge in [-0.15, -0.1) is 0 Å². The molecule has 0 unspecified atom stereocenters. The van der Waals surface area contributed by atoms with E-state index in [2.05, 4.69) is 33.4 Å². The molecule has 4 nitrogen and oxygen atoms in total. The minimum Gasteiger partial charge on any atom is -0.301 e. The first-order valence-corrected chi connectivity index (χ1v) is 16.7. The van der Waals surface area contributed by atoms with Crippen LogP contribution in [0, 0.1) is 0 Å². The Hall–Kier alpha value is -0.160. The molecule has 0 aromatic heterocycles. The van der Waals surface area contributed by atoms with Crippen LogP contribution in [0.15, 0.2) is 0 Å². The molecule has 0 aromatic carbocycles. The Labute approximate surface area is 225 Å². The van der Waals surface area contributed by atoms with E-state index in [-0.39, 0.29) is 0 Å². The van der Waals surface area contributed by atoms with Gasteiger partial charge in [-0.3, -0.25) is 9.80 Å². The topological polar surface area (TPSA) is 13.0 Å². The molecule has 36 heavy (non-hydrogen) atoms. The van der Waals surface area contributed by atoms with Crippen molar-refractivity contribution in [2.24, 2.45) is 0 Å². The minimum absolute atomic E-state index is 0.907. The molecular formula is C32H62N4. The second kappa shape index (κ2) is 16.1. The van der Waals surface area contributed by atoms with Gasteiger partial charge in [0, 0.05) is 37.3 Å². The highest BCUT2D eigenvalue weighted by Crippen LogP contribution is 2.28. The van der Waals surface area contributed by atoms with Crippen LogP contribution < -0.4 is 0 Å². The van der Waals surface area contributed by atoms with E-state index in [0.29, 0.717) is 0 Å². The Balaban J connectivity index is 1.08. The first-order valence-electron chi connectivity index (χ1n) is 16.7. The lowest BCUT2D eigenvalue weighted by atomic mass is 9.90. The van der Waals surface area contributed by atoms with Crippen LogP contribution in [-0.4, -0.2) is 96.1 Å². The summed E-state index contributed by atoms with van der Waals surface area (Å²) in [5, 5.41) is 0. The molecule has 0 saturated heterocycles. The first-order chi connectivity index (χ1) is 17.8. The maximum Gasteiger partial charge on any atom is 0.0112 e. The smallest absolute Gasteiger partial charge is 0.0112 e. The highest BCUT2D eigenvalue weighted by atomic mass is 15.2. The van der Waals surface area contributed by atoms with Crippen molar-refractivity contribution in [3.05, 3.63) is 0 Å². The molecule has 0 aliphatic heterocycles. The summed E-state index contributed by atoms with van der Waals surface area (Å²) in [6.45, 7) is 15.3. The SMILES string of the molecule is CCN(CCCCCN(CCCCCN(CCN(CC)C1CCC1)C1CCC1)C1CCC1)C1CCC1. The van der Waals surface area contributed by atoms with Crippen LogP contribution in [0.2, 0.25) is 0 Å². The molecule has 210 valence electrons. The Morgan fingerprint density at radius 2 is 0.639 bits per heavy atom. The fourth-order valence-electron chi connectivity index (χ4n) is 7.03. The second-order valence-corrected chi connectivity index (χ2v) is 12.8. The Kier molecular flexibility index (Phi) is 12.9. The summed E-state index contributed by atoms with van der Waals surface area (Å²) in [5.74, 6) is 0. The largest absolute Gasteiger partial charge is 0.301 e. The summed E-state index contributed by atoms with van der Waals surface area (Å²) in [7, 11) is 0. The van der Waals surface area contributed by atoms with Crippen LogP contribution in [0.1, 0.15) is 129 Å². The van der Waals surface area contributed by atoms with Crippen molar-refractivity contribution in [2.75, 3.05) is 52.4 Å². The van der Waals surface area contributed by atoms with Crippen molar-refractivity contribution in [1.82, 2.24) is 19.6 Å². The molecule has 0 N–H and O–H groups in total. The van der Waals surface area contributed by atoms with Crippen molar-refractivity contribution in [3.63, 3.8) is 0 Å². The van der Waals surface area contributed by atoms with Gasteiger partial charge in [0.25, 0.3) is 0 Å². The van der Waals surface area contributed by atoms with Gasteiger partial charge in [0.05, 0.1) is 0 Å². The van der Waals surface area contributed by atoms with Gasteiger partial charge >= 0.3 is 0 Å². The van der Waals surface area contributed by atoms with Crippen molar-refractivity contribution in [3.8, 4) is 0 Å². The van der Waals surface area contributed by atoms with Crippen molar-refractivity contribution < 1.29 is 0 Å². The molecule has 0 amide bonds. The lowest BCUT2D eigenvalue weighted by molar-refractivity contribution is 0.0775. The summed E-state index contributed by atoms with van der Waals surface area (Å²) in [4.78, 5) is 11.3. The van der Waals surface area contributed by atoms with Gasteiger partial charge in [-0.1, -0.05) is 52.4 Å². The molecular weight excluding hydrogens is 440 g/mol. The average Bonchev–Trinajstić information content (AvgIpc) is 2.74. The molecule has 0 spiro atoms. The number of likely N-dealkylation sites (N-methyl/N-ethyl adjacent to an activating group) is 1. The molecule has 0 bridgehead atoms. The molecule has 0 aromatic rings. The van der Waals surface area contributed by atoms with Crippen LogP contribution in [-0.2, 0) is 0 Å². The molecule has 4 rings (SSSR count). The van der Waals surface area contributed by atoms with E-state index in [1.807, 2.05) is 0 Å². The molecule has 0 atom stereocenters. The van der Waals surface area contributed by atoms with Gasteiger partial charge in [-0.2, -0.15) is 0 Å². The van der Waals surface area contributed by atoms with E-state index in [0.717, 1.165) is 24.2 Å². The van der Waals surface area contributed by atoms with E-state index in [1.165, 1.54) is 168 Å². The highest BCUT2D eigenvalue weighted by Gasteiger charge is 2.28. The summed E-state index contributed by atoms with van der Waals surface area (Å²) < 4.78 is 0. The zero-order valence-corrected chi connectivity index (χ0v) is 24.5. The van der Waals surface area contributed by atoms with Gasteiger partial charge in [-0.25, -0.2) is 0 Å². The van der Waals surface area contributed by atoms with Crippen LogP contribution in [0.25, 0.3) is 0 Å². The molecule has 0 heterocycles. The minimum atomic E-state index is 0.907. The molecule has 4 aliphatic rings. The van der Waals surface area contributed by atoms with Crippen molar-refractivity contribution >= 4 is 0 Å². The van der Waals surface area contributed by atoms with Crippen LogP contribution in [0.5, 0.6) is 0 Å². The fourth-order valence-corrected chi connectivity index (χ4v) is 7.03. The molecule has 4 heteroatoms. The Morgan fingerprint density at radius 1 is 0.361 bits per heavy atom. The van der Waals surface area contributed by atoms with Gasteiger partial charge < -0.3 is 9.80 Å². The third-order valence-corrected chi connectivity index (χ3v) is 10.6. The van der Waals surface area contributed by atoms with E-state index >= 15 is 0 Å². The molecule has 4 fully saturated rings. The number of nitrogens with zero attached hydrogens (tertiary/aromatic N) is 4. The van der Waals surface area contributed by atoms with Crippen LogP contribution in [0.3, 0.4) is 0 Å². The zero-order valence-electron chi connectivity index (χ0n) is 24.5. The first kappa shape index (κ1) is 28.8. The van der Waals surface area contributed by atoms with Gasteiger partial charge in [0.15, 0.2) is 0 Å². The average molecular weight is 503 g/mol. The predicted octanol–water partition coefficient (Wildman–Crippen LogP) is 6.78. The zero-order chi connectivity index (χ0) is 25.0. The predicted molar refractivity (Wildman–Crippen MR) is 156 cm³/mol. The number of hydrogen-bond donors (Lipinski definition) is 0. The summed E-state index contributed by atoms with van der Waals surface area (Å²) in [5.41, 5.74) is 0. The summed E-state index contributed by atoms with van der Waals surface area (Å²) in [6, 6.07) is 3.66. The maximum absolute atomic E-state index is 2.90. The Morgan fingerprint density at radius 3 is 0.972 bits per heavy atom. The molecule has 4 saturated carbocycles. The maximum atomic E-state index is 2.90. The van der Waals surface area contributed by atoms with Gasteiger partial charge in [-0.05, 0) is 116 Å². The molecule has 0 radical (unpaired) electrons. The van der Waals surface area contributed by atoms with Crippen LogP contribution in [0.4, 0.5) is 0 Å². The summed E-state index contributed by atoms with van der Waals surface area (Å²) >= 11 is 0. The normalized spacial score (nSPS) is 21.8. The van der Waals surface area contributed by atoms with Crippen LogP contribution >= 0.6 is 0 Å². The summed E-state index contributed by atoms with van der Waals surface area (Å²) in [6.07, 6.45) is 26.1. The standard InChI is InChI=1S/C32H62N4/c1-3-33(29-15-11-16-29)23-7-5-8-24-35(31-19-13-20-31)25-9-6-10-26-36(32-21-14-22-32)28-27-34(4-2)30-17-12-18-30/h29-32H,3-28H2,1-2H3. The number of rotatable bonds is 21. The highest BCUT2D eigenvalue weighted by molar-refractivity contribution is 4.84. The Bertz CT molecular complexity index is 567. The number of hydrogen-bond acceptors (Lipinski definition) is 4. The van der Waals surface area contributed by atoms with Crippen molar-refractivity contribution in [1.29, 1.82) is 0 Å². The van der Waals surface area contributed by atoms with Gasteiger partial charge in [0.1, 0.15) is 0 Å². The monoisotopic (exact) mass is 502 g/mol. The second-order valence-electron chi connectivity index (χ2n) is 12.8. The third kappa shape index (κ3) is 8.68. The molecule has 4 aliphatic carbocycles. The van der Waals surface area contributed by atoms with Crippen molar-refractivity contribution in [2.45, 2.75) is 154 Å². The lowest BCUT2D eigenvalue weighted by Gasteiger charge is -2.41. The van der Waals surface area contributed by atoms with Gasteiger partial charge in [0.2, 0.25) is 0 Å². The lowest BCUT2D eigenvalue weighted by Crippen LogP contribution is -2.48. The quantitative estimate of drug-likeness (QED) is 0.160. The van der Waals surface area contributed by atoms with E-state index in [9.17, 15) is 0 Å². The van der Waals surface area contributed by atoms with E-state index in [1.54, 1.807) is 0 Å².